The first-order valence-electron chi connectivity index (χ1n) is 8.25. The van der Waals surface area contributed by atoms with Gasteiger partial charge in [-0.3, -0.25) is 14.9 Å². The number of anilines is 1. The Morgan fingerprint density at radius 3 is 2.41 bits per heavy atom. The zero-order valence-corrected chi connectivity index (χ0v) is 16.4. The second-order valence-electron chi connectivity index (χ2n) is 5.91. The number of aryl methyl sites for hydroxylation is 1. The number of nitro benzene ring substituents is 1. The number of aromatic nitrogens is 1. The number of non-ortho nitro benzene ring substituents is 1. The Morgan fingerprint density at radius 1 is 1.14 bits per heavy atom. The van der Waals surface area contributed by atoms with Crippen LogP contribution in [0.3, 0.4) is 0 Å². The Kier molecular flexibility index (Phi) is 5.99. The van der Waals surface area contributed by atoms with Crippen molar-refractivity contribution >= 4 is 37.9 Å². The molecule has 0 saturated heterocycles. The molecule has 0 spiro atoms. The molecule has 150 valence electrons. The van der Waals surface area contributed by atoms with Crippen molar-refractivity contribution in [2.45, 2.75) is 21.9 Å². The van der Waals surface area contributed by atoms with Crippen molar-refractivity contribution in [2.24, 2.45) is 0 Å². The number of nitro groups is 1. The predicted octanol–water partition coefficient (Wildman–Crippen LogP) is 3.59. The van der Waals surface area contributed by atoms with Gasteiger partial charge in [0.2, 0.25) is 15.7 Å². The lowest BCUT2D eigenvalue weighted by molar-refractivity contribution is -0.384. The van der Waals surface area contributed by atoms with Gasteiger partial charge in [0.15, 0.2) is 5.13 Å². The van der Waals surface area contributed by atoms with Crippen LogP contribution in [0.15, 0.2) is 63.8 Å². The van der Waals surface area contributed by atoms with Gasteiger partial charge in [-0.25, -0.2) is 17.8 Å². The van der Waals surface area contributed by atoms with E-state index in [9.17, 15) is 27.7 Å². The molecule has 0 aliphatic rings. The third kappa shape index (κ3) is 5.00. The Labute approximate surface area is 169 Å². The van der Waals surface area contributed by atoms with Crippen LogP contribution in [-0.2, 0) is 21.1 Å². The van der Waals surface area contributed by atoms with Crippen LogP contribution in [0.1, 0.15) is 12.0 Å². The topological polar surface area (TPSA) is 119 Å². The van der Waals surface area contributed by atoms with E-state index in [1.54, 1.807) is 12.1 Å². The molecular weight excluding hydrogens is 421 g/mol. The zero-order chi connectivity index (χ0) is 21.0. The lowest BCUT2D eigenvalue weighted by Crippen LogP contribution is -2.12. The highest BCUT2D eigenvalue weighted by atomic mass is 32.2. The number of sulfone groups is 1. The highest BCUT2D eigenvalue weighted by Crippen LogP contribution is 2.29. The number of hydrogen-bond acceptors (Lipinski definition) is 7. The van der Waals surface area contributed by atoms with Gasteiger partial charge in [-0.1, -0.05) is 23.5 Å². The summed E-state index contributed by atoms with van der Waals surface area (Å²) in [5.74, 6) is -0.717. The molecule has 29 heavy (non-hydrogen) atoms. The standard InChI is InChI=1S/C18H14FN3O5S2/c19-13-4-1-12(2-5-13)3-10-16(23)21-18-20-11-17(28-18)29(26,27)15-8-6-14(7-9-15)22(24)25/h1-2,4-9,11H,3,10H2,(H,20,21,23). The predicted molar refractivity (Wildman–Crippen MR) is 104 cm³/mol. The number of rotatable bonds is 7. The second-order valence-corrected chi connectivity index (χ2v) is 9.12. The van der Waals surface area contributed by atoms with Gasteiger partial charge in [0.1, 0.15) is 10.0 Å². The summed E-state index contributed by atoms with van der Waals surface area (Å²) in [5.41, 5.74) is 0.574. The van der Waals surface area contributed by atoms with E-state index < -0.39 is 14.8 Å². The maximum absolute atomic E-state index is 12.9. The summed E-state index contributed by atoms with van der Waals surface area (Å²) in [4.78, 5) is 25.9. The van der Waals surface area contributed by atoms with Crippen LogP contribution in [0.25, 0.3) is 0 Å². The van der Waals surface area contributed by atoms with E-state index in [0.717, 1.165) is 47.4 Å². The van der Waals surface area contributed by atoms with E-state index in [0.29, 0.717) is 6.42 Å². The van der Waals surface area contributed by atoms with E-state index in [4.69, 9.17) is 0 Å². The molecule has 3 rings (SSSR count). The number of thiazole rings is 1. The van der Waals surface area contributed by atoms with Crippen LogP contribution in [0.4, 0.5) is 15.2 Å². The Morgan fingerprint density at radius 2 is 1.79 bits per heavy atom. The van der Waals surface area contributed by atoms with Gasteiger partial charge in [-0.05, 0) is 36.2 Å². The van der Waals surface area contributed by atoms with Gasteiger partial charge in [0.05, 0.1) is 16.0 Å². The van der Waals surface area contributed by atoms with Crippen molar-refractivity contribution in [3.8, 4) is 0 Å². The summed E-state index contributed by atoms with van der Waals surface area (Å²) < 4.78 is 38.0. The lowest BCUT2D eigenvalue weighted by atomic mass is 10.1. The molecule has 0 bridgehead atoms. The smallest absolute Gasteiger partial charge is 0.269 e. The largest absolute Gasteiger partial charge is 0.302 e. The van der Waals surface area contributed by atoms with Crippen LogP contribution in [0, 0.1) is 15.9 Å². The van der Waals surface area contributed by atoms with Crippen LogP contribution in [0.2, 0.25) is 0 Å². The van der Waals surface area contributed by atoms with Crippen LogP contribution in [-0.4, -0.2) is 24.2 Å². The minimum absolute atomic E-state index is 0.0970. The molecule has 0 saturated carbocycles. The van der Waals surface area contributed by atoms with E-state index in [2.05, 4.69) is 10.3 Å². The second kappa shape index (κ2) is 8.45. The summed E-state index contributed by atoms with van der Waals surface area (Å²) >= 11 is 0.783. The van der Waals surface area contributed by atoms with Crippen LogP contribution >= 0.6 is 11.3 Å². The monoisotopic (exact) mass is 435 g/mol. The number of benzene rings is 2. The average molecular weight is 435 g/mol. The first-order valence-corrected chi connectivity index (χ1v) is 10.6. The average Bonchev–Trinajstić information content (AvgIpc) is 3.17. The highest BCUT2D eigenvalue weighted by Gasteiger charge is 2.22. The maximum Gasteiger partial charge on any atom is 0.269 e. The normalized spacial score (nSPS) is 11.2. The van der Waals surface area contributed by atoms with Crippen molar-refractivity contribution in [3.05, 3.63) is 76.2 Å². The molecule has 0 fully saturated rings. The number of amides is 1. The molecule has 8 nitrogen and oxygen atoms in total. The van der Waals surface area contributed by atoms with Crippen LogP contribution in [0.5, 0.6) is 0 Å². The number of carbonyl (C=O) groups is 1. The van der Waals surface area contributed by atoms with Crippen molar-refractivity contribution in [1.29, 1.82) is 0 Å². The maximum atomic E-state index is 12.9. The molecule has 1 aromatic heterocycles. The molecule has 0 aliphatic heterocycles. The third-order valence-corrected chi connectivity index (χ3v) is 7.05. The number of halogens is 1. The van der Waals surface area contributed by atoms with Crippen molar-refractivity contribution in [3.63, 3.8) is 0 Å². The first kappa shape index (κ1) is 20.6. The Balaban J connectivity index is 1.65. The molecule has 2 aromatic carbocycles. The van der Waals surface area contributed by atoms with E-state index >= 15 is 0 Å². The lowest BCUT2D eigenvalue weighted by Gasteiger charge is -2.02. The Hall–Kier alpha value is -3.18. The van der Waals surface area contributed by atoms with Crippen molar-refractivity contribution in [2.75, 3.05) is 5.32 Å². The highest BCUT2D eigenvalue weighted by molar-refractivity contribution is 7.93. The molecule has 3 aromatic rings. The van der Waals surface area contributed by atoms with Crippen molar-refractivity contribution < 1.29 is 22.5 Å². The third-order valence-electron chi connectivity index (χ3n) is 3.91. The summed E-state index contributed by atoms with van der Waals surface area (Å²) in [5, 5.41) is 13.3. The summed E-state index contributed by atoms with van der Waals surface area (Å²) in [6.07, 6.45) is 1.64. The van der Waals surface area contributed by atoms with Crippen molar-refractivity contribution in [1.82, 2.24) is 4.98 Å². The van der Waals surface area contributed by atoms with E-state index in [1.807, 2.05) is 0 Å². The fourth-order valence-corrected chi connectivity index (χ4v) is 4.84. The fourth-order valence-electron chi connectivity index (χ4n) is 2.40. The molecule has 1 heterocycles. The minimum atomic E-state index is -3.91. The molecule has 1 amide bonds. The number of nitrogens with zero attached hydrogens (tertiary/aromatic N) is 2. The molecule has 0 aliphatic carbocycles. The summed E-state index contributed by atoms with van der Waals surface area (Å²) in [7, 11) is -3.91. The number of nitrogens with one attached hydrogen (secondary N) is 1. The van der Waals surface area contributed by atoms with Crippen LogP contribution < -0.4 is 5.32 Å². The van der Waals surface area contributed by atoms with E-state index in [1.165, 1.54) is 12.1 Å². The number of carbonyl (C=O) groups excluding carboxylic acids is 1. The molecule has 0 unspecified atom stereocenters. The van der Waals surface area contributed by atoms with Gasteiger partial charge in [0.25, 0.3) is 5.69 Å². The zero-order valence-electron chi connectivity index (χ0n) is 14.7. The summed E-state index contributed by atoms with van der Waals surface area (Å²) in [6.45, 7) is 0. The molecule has 11 heteroatoms. The van der Waals surface area contributed by atoms with Gasteiger partial charge in [0, 0.05) is 18.6 Å². The summed E-state index contributed by atoms with van der Waals surface area (Å²) in [6, 6.07) is 10.3. The SMILES string of the molecule is O=C(CCc1ccc(F)cc1)Nc1ncc(S(=O)(=O)c2ccc([N+](=O)[O-])cc2)s1. The van der Waals surface area contributed by atoms with Gasteiger partial charge >= 0.3 is 0 Å². The molecule has 0 radical (unpaired) electrons. The number of hydrogen-bond donors (Lipinski definition) is 1. The quantitative estimate of drug-likeness (QED) is 0.447. The van der Waals surface area contributed by atoms with E-state index in [-0.39, 0.29) is 38.1 Å². The first-order chi connectivity index (χ1) is 13.8. The van der Waals surface area contributed by atoms with Gasteiger partial charge in [-0.2, -0.15) is 0 Å². The Bertz CT molecular complexity index is 1140. The fraction of sp³-hybridized carbons (Fsp3) is 0.111. The molecular formula is C18H14FN3O5S2. The minimum Gasteiger partial charge on any atom is -0.302 e. The van der Waals surface area contributed by atoms with Gasteiger partial charge < -0.3 is 5.32 Å². The van der Waals surface area contributed by atoms with Gasteiger partial charge in [-0.15, -0.1) is 0 Å². The molecule has 1 N–H and O–H groups in total. The molecule has 0 atom stereocenters.